The van der Waals surface area contributed by atoms with E-state index in [0.29, 0.717) is 24.1 Å². The molecule has 0 atom stereocenters. The summed E-state index contributed by atoms with van der Waals surface area (Å²) in [5, 5.41) is 14.8. The maximum absolute atomic E-state index is 5.93. The molecule has 1 aliphatic heterocycles. The van der Waals surface area contributed by atoms with E-state index >= 15 is 0 Å². The number of aromatic nitrogens is 5. The van der Waals surface area contributed by atoms with Crippen molar-refractivity contribution < 1.29 is 4.63 Å². The number of aryl methyl sites for hydroxylation is 1. The monoisotopic (exact) mass is 418 g/mol. The Morgan fingerprint density at radius 1 is 1.23 bits per heavy atom. The maximum Gasteiger partial charge on any atom is 0.199 e. The quantitative estimate of drug-likeness (QED) is 0.437. The van der Waals surface area contributed by atoms with Gasteiger partial charge in [0.05, 0.1) is 11.7 Å². The number of hydrogen-bond donors (Lipinski definition) is 3. The molecule has 0 amide bonds. The second kappa shape index (κ2) is 8.44. The van der Waals surface area contributed by atoms with Crippen molar-refractivity contribution in [3.63, 3.8) is 0 Å². The molecule has 0 spiro atoms. The van der Waals surface area contributed by atoms with E-state index in [1.54, 1.807) is 6.20 Å². The van der Waals surface area contributed by atoms with Gasteiger partial charge in [0, 0.05) is 30.9 Å². The number of rotatable bonds is 6. The van der Waals surface area contributed by atoms with Crippen molar-refractivity contribution in [2.24, 2.45) is 0 Å². The molecular weight excluding hydrogens is 392 g/mol. The Morgan fingerprint density at radius 3 is 2.87 bits per heavy atom. The van der Waals surface area contributed by atoms with Crippen LogP contribution in [0.4, 0.5) is 5.82 Å². The van der Waals surface area contributed by atoms with E-state index < -0.39 is 0 Å². The number of nitrogen functional groups attached to an aromatic ring is 1. The van der Waals surface area contributed by atoms with E-state index in [9.17, 15) is 0 Å². The van der Waals surface area contributed by atoms with Crippen molar-refractivity contribution >= 4 is 16.9 Å². The molecule has 3 aromatic heterocycles. The molecule has 9 heteroatoms. The van der Waals surface area contributed by atoms with E-state index in [4.69, 9.17) is 15.3 Å². The second-order valence-electron chi connectivity index (χ2n) is 7.84. The highest BCUT2D eigenvalue weighted by molar-refractivity contribution is 5.94. The summed E-state index contributed by atoms with van der Waals surface area (Å²) in [7, 11) is 0. The Bertz CT molecular complexity index is 1190. The van der Waals surface area contributed by atoms with Gasteiger partial charge in [0.15, 0.2) is 17.3 Å². The fourth-order valence-corrected chi connectivity index (χ4v) is 4.28. The number of nitrogens with one attached hydrogen (secondary N) is 2. The number of benzene rings is 1. The van der Waals surface area contributed by atoms with Crippen LogP contribution in [0.2, 0.25) is 0 Å². The lowest BCUT2D eigenvalue weighted by Gasteiger charge is -2.23. The number of nitrogens with zero attached hydrogens (tertiary/aromatic N) is 5. The number of pyridine rings is 1. The number of imidazole rings is 1. The van der Waals surface area contributed by atoms with Gasteiger partial charge in [-0.3, -0.25) is 4.98 Å². The smallest absolute Gasteiger partial charge is 0.199 e. The van der Waals surface area contributed by atoms with Gasteiger partial charge in [-0.15, -0.1) is 0 Å². The molecule has 4 heterocycles. The Hall–Kier alpha value is -3.30. The van der Waals surface area contributed by atoms with Crippen LogP contribution in [-0.4, -0.2) is 44.0 Å². The molecule has 0 bridgehead atoms. The zero-order valence-electron chi connectivity index (χ0n) is 17.5. The van der Waals surface area contributed by atoms with Crippen molar-refractivity contribution in [3.8, 4) is 22.6 Å². The zero-order valence-corrected chi connectivity index (χ0v) is 17.5. The number of anilines is 1. The van der Waals surface area contributed by atoms with E-state index in [0.717, 1.165) is 41.8 Å². The summed E-state index contributed by atoms with van der Waals surface area (Å²) in [4.78, 5) is 9.17. The van der Waals surface area contributed by atoms with Gasteiger partial charge in [0.1, 0.15) is 5.52 Å². The summed E-state index contributed by atoms with van der Waals surface area (Å²) in [6.07, 6.45) is 5.99. The molecule has 9 nitrogen and oxygen atoms in total. The first-order chi connectivity index (χ1) is 15.2. The highest BCUT2D eigenvalue weighted by Crippen LogP contribution is 2.33. The SMILES string of the molecule is CCn1c(-c2nonc2N)nc2cncc(-c3cccc(CNC4CCNCC4)c3)c21. The fraction of sp³-hybridized carbons (Fsp3) is 0.364. The topological polar surface area (TPSA) is 120 Å². The Morgan fingerprint density at radius 2 is 2.10 bits per heavy atom. The van der Waals surface area contributed by atoms with Crippen LogP contribution in [-0.2, 0) is 13.1 Å². The van der Waals surface area contributed by atoms with Crippen LogP contribution >= 0.6 is 0 Å². The van der Waals surface area contributed by atoms with E-state index in [-0.39, 0.29) is 5.82 Å². The Balaban J connectivity index is 1.51. The third kappa shape index (κ3) is 3.77. The lowest BCUT2D eigenvalue weighted by Crippen LogP contribution is -2.39. The maximum atomic E-state index is 5.93. The standard InChI is InChI=1S/C22H26N8O/c1-2-30-20-17(12-25-13-18(20)27-22(30)19-21(23)29-31-28-19)15-5-3-4-14(10-15)11-26-16-6-8-24-9-7-16/h3-5,10,12-13,16,24,26H,2,6-9,11H2,1H3,(H2,23,29). The molecule has 0 aliphatic carbocycles. The molecule has 1 aliphatic rings. The van der Waals surface area contributed by atoms with E-state index in [1.807, 2.05) is 6.20 Å². The largest absolute Gasteiger partial charge is 0.379 e. The first-order valence-corrected chi connectivity index (χ1v) is 10.7. The average molecular weight is 419 g/mol. The van der Waals surface area contributed by atoms with Crippen molar-refractivity contribution in [1.29, 1.82) is 0 Å². The average Bonchev–Trinajstić information content (AvgIpc) is 3.41. The van der Waals surface area contributed by atoms with Crippen molar-refractivity contribution in [2.45, 2.75) is 38.9 Å². The van der Waals surface area contributed by atoms with E-state index in [1.165, 1.54) is 18.4 Å². The molecule has 160 valence electrons. The minimum atomic E-state index is 0.227. The predicted molar refractivity (Wildman–Crippen MR) is 119 cm³/mol. The summed E-state index contributed by atoms with van der Waals surface area (Å²) < 4.78 is 6.88. The van der Waals surface area contributed by atoms with Gasteiger partial charge in [-0.25, -0.2) is 9.61 Å². The summed E-state index contributed by atoms with van der Waals surface area (Å²) >= 11 is 0. The summed E-state index contributed by atoms with van der Waals surface area (Å²) in [6.45, 7) is 5.78. The molecule has 31 heavy (non-hydrogen) atoms. The van der Waals surface area contributed by atoms with Crippen LogP contribution in [0.3, 0.4) is 0 Å². The zero-order chi connectivity index (χ0) is 21.2. The number of piperidine rings is 1. The molecule has 4 aromatic rings. The van der Waals surface area contributed by atoms with Crippen LogP contribution < -0.4 is 16.4 Å². The molecule has 1 fully saturated rings. The molecule has 1 aromatic carbocycles. The van der Waals surface area contributed by atoms with Gasteiger partial charge in [-0.1, -0.05) is 18.2 Å². The third-order valence-corrected chi connectivity index (χ3v) is 5.86. The van der Waals surface area contributed by atoms with Gasteiger partial charge < -0.3 is 20.9 Å². The lowest BCUT2D eigenvalue weighted by atomic mass is 10.0. The molecule has 5 rings (SSSR count). The molecule has 0 saturated carbocycles. The molecule has 1 saturated heterocycles. The fourth-order valence-electron chi connectivity index (χ4n) is 4.28. The first-order valence-electron chi connectivity index (χ1n) is 10.7. The number of hydrogen-bond acceptors (Lipinski definition) is 8. The van der Waals surface area contributed by atoms with Crippen molar-refractivity contribution in [2.75, 3.05) is 18.8 Å². The Labute approximate surface area is 180 Å². The van der Waals surface area contributed by atoms with E-state index in [2.05, 4.69) is 61.7 Å². The number of nitrogens with two attached hydrogens (primary N) is 1. The Kier molecular flexibility index (Phi) is 5.35. The van der Waals surface area contributed by atoms with Gasteiger partial charge in [-0.2, -0.15) is 0 Å². The third-order valence-electron chi connectivity index (χ3n) is 5.86. The van der Waals surface area contributed by atoms with Gasteiger partial charge in [0.25, 0.3) is 0 Å². The van der Waals surface area contributed by atoms with Crippen LogP contribution in [0.5, 0.6) is 0 Å². The minimum Gasteiger partial charge on any atom is -0.379 e. The normalized spacial score (nSPS) is 15.0. The second-order valence-corrected chi connectivity index (χ2v) is 7.84. The van der Waals surface area contributed by atoms with Crippen LogP contribution in [0.15, 0.2) is 41.3 Å². The molecular formula is C22H26N8O. The minimum absolute atomic E-state index is 0.227. The number of fused-ring (bicyclic) bond motifs is 1. The highest BCUT2D eigenvalue weighted by atomic mass is 16.6. The van der Waals surface area contributed by atoms with Gasteiger partial charge in [0.2, 0.25) is 0 Å². The van der Waals surface area contributed by atoms with Crippen LogP contribution in [0.1, 0.15) is 25.3 Å². The predicted octanol–water partition coefficient (Wildman–Crippen LogP) is 2.59. The summed E-state index contributed by atoms with van der Waals surface area (Å²) in [5.41, 5.74) is 11.6. The van der Waals surface area contributed by atoms with Crippen LogP contribution in [0.25, 0.3) is 33.7 Å². The van der Waals surface area contributed by atoms with Crippen molar-refractivity contribution in [1.82, 2.24) is 35.5 Å². The first kappa shape index (κ1) is 19.7. The molecule has 0 radical (unpaired) electrons. The van der Waals surface area contributed by atoms with Gasteiger partial charge in [-0.05, 0) is 60.4 Å². The molecule has 0 unspecified atom stereocenters. The summed E-state index contributed by atoms with van der Waals surface area (Å²) in [5.74, 6) is 0.861. The molecule has 4 N–H and O–H groups in total. The lowest BCUT2D eigenvalue weighted by molar-refractivity contribution is 0.310. The van der Waals surface area contributed by atoms with Crippen LogP contribution in [0, 0.1) is 0 Å². The van der Waals surface area contributed by atoms with Crippen molar-refractivity contribution in [3.05, 3.63) is 42.2 Å². The van der Waals surface area contributed by atoms with Gasteiger partial charge >= 0.3 is 0 Å². The highest BCUT2D eigenvalue weighted by Gasteiger charge is 2.21. The summed E-state index contributed by atoms with van der Waals surface area (Å²) in [6, 6.07) is 9.17.